The molecule has 0 fully saturated rings. The number of aromatic nitrogens is 1. The average Bonchev–Trinajstić information content (AvgIpc) is 3.01. The number of carbonyl (C=O) groups excluding carboxylic acids is 1. The van der Waals surface area contributed by atoms with Gasteiger partial charge in [0.25, 0.3) is 0 Å². The van der Waals surface area contributed by atoms with Crippen molar-refractivity contribution in [3.63, 3.8) is 0 Å². The number of guanidine groups is 1. The number of carbonyl (C=O) groups is 1. The molecule has 2 heterocycles. The van der Waals surface area contributed by atoms with E-state index in [9.17, 15) is 4.79 Å². The van der Waals surface area contributed by atoms with Crippen LogP contribution < -0.4 is 15.5 Å². The summed E-state index contributed by atoms with van der Waals surface area (Å²) in [7, 11) is 1.72. The molecule has 1 aliphatic heterocycles. The third-order valence-corrected chi connectivity index (χ3v) is 3.71. The number of aliphatic imine (C=N–C) groups is 1. The van der Waals surface area contributed by atoms with Crippen molar-refractivity contribution in [2.24, 2.45) is 4.99 Å². The highest BCUT2D eigenvalue weighted by molar-refractivity contribution is 14.0. The van der Waals surface area contributed by atoms with E-state index in [-0.39, 0.29) is 36.4 Å². The van der Waals surface area contributed by atoms with Gasteiger partial charge >= 0.3 is 0 Å². The highest BCUT2D eigenvalue weighted by Crippen LogP contribution is 2.27. The number of benzene rings is 1. The Morgan fingerprint density at radius 2 is 2.12 bits per heavy atom. The summed E-state index contributed by atoms with van der Waals surface area (Å²) in [6.07, 6.45) is 4.27. The van der Waals surface area contributed by atoms with E-state index < -0.39 is 0 Å². The van der Waals surface area contributed by atoms with Crippen LogP contribution in [0.3, 0.4) is 0 Å². The summed E-state index contributed by atoms with van der Waals surface area (Å²) < 4.78 is 0. The van der Waals surface area contributed by atoms with Gasteiger partial charge in [-0.2, -0.15) is 0 Å². The van der Waals surface area contributed by atoms with Crippen LogP contribution in [0.4, 0.5) is 11.4 Å². The van der Waals surface area contributed by atoms with Gasteiger partial charge in [-0.15, -0.1) is 24.0 Å². The number of hydrogen-bond donors (Lipinski definition) is 2. The molecule has 1 aliphatic rings. The topological polar surface area (TPSA) is 69.6 Å². The number of pyridine rings is 1. The molecular weight excluding hydrogens is 417 g/mol. The zero-order valence-electron chi connectivity index (χ0n) is 13.4. The van der Waals surface area contributed by atoms with Crippen molar-refractivity contribution >= 4 is 47.2 Å². The molecule has 1 amide bonds. The molecule has 126 valence electrons. The van der Waals surface area contributed by atoms with Crippen molar-refractivity contribution in [1.82, 2.24) is 10.3 Å². The number of halogens is 1. The Hall–Kier alpha value is -2.16. The Balaban J connectivity index is 0.00000208. The molecule has 0 saturated carbocycles. The van der Waals surface area contributed by atoms with Crippen LogP contribution in [0, 0.1) is 0 Å². The van der Waals surface area contributed by atoms with Crippen molar-refractivity contribution < 1.29 is 4.79 Å². The number of fused-ring (bicyclic) bond motifs is 1. The first-order chi connectivity index (χ1) is 11.3. The van der Waals surface area contributed by atoms with Gasteiger partial charge in [-0.3, -0.25) is 14.8 Å². The quantitative estimate of drug-likeness (QED) is 0.439. The van der Waals surface area contributed by atoms with Gasteiger partial charge in [0.2, 0.25) is 5.91 Å². The van der Waals surface area contributed by atoms with Crippen LogP contribution in [0.2, 0.25) is 0 Å². The molecule has 0 saturated heterocycles. The van der Waals surface area contributed by atoms with Gasteiger partial charge in [-0.25, -0.2) is 0 Å². The van der Waals surface area contributed by atoms with E-state index >= 15 is 0 Å². The second kappa shape index (κ2) is 8.62. The van der Waals surface area contributed by atoms with Gasteiger partial charge < -0.3 is 15.5 Å². The van der Waals surface area contributed by atoms with Gasteiger partial charge in [-0.05, 0) is 30.2 Å². The maximum atomic E-state index is 12.0. The fourth-order valence-electron chi connectivity index (χ4n) is 2.65. The molecule has 2 N–H and O–H groups in total. The van der Waals surface area contributed by atoms with E-state index in [1.54, 1.807) is 31.6 Å². The lowest BCUT2D eigenvalue weighted by Crippen LogP contribution is -2.43. The van der Waals surface area contributed by atoms with Crippen LogP contribution in [0.5, 0.6) is 0 Å². The Bertz CT molecular complexity index is 720. The summed E-state index contributed by atoms with van der Waals surface area (Å²) in [5, 5.41) is 5.91. The molecule has 1 aromatic carbocycles. The molecule has 0 atom stereocenters. The van der Waals surface area contributed by atoms with Crippen LogP contribution in [0.1, 0.15) is 5.56 Å². The third-order valence-electron chi connectivity index (χ3n) is 3.71. The van der Waals surface area contributed by atoms with Gasteiger partial charge in [0.05, 0.1) is 18.4 Å². The zero-order chi connectivity index (χ0) is 16.1. The lowest BCUT2D eigenvalue weighted by atomic mass is 10.2. The molecule has 0 spiro atoms. The molecule has 3 rings (SSSR count). The molecule has 0 bridgehead atoms. The van der Waals surface area contributed by atoms with Crippen LogP contribution in [0.15, 0.2) is 53.8 Å². The van der Waals surface area contributed by atoms with Gasteiger partial charge in [0.15, 0.2) is 5.96 Å². The summed E-state index contributed by atoms with van der Waals surface area (Å²) in [5.74, 6) is 0.572. The molecule has 6 nitrogen and oxygen atoms in total. The summed E-state index contributed by atoms with van der Waals surface area (Å²) >= 11 is 0. The van der Waals surface area contributed by atoms with E-state index in [4.69, 9.17) is 0 Å². The molecule has 0 radical (unpaired) electrons. The minimum Gasteiger partial charge on any atom is -0.347 e. The first-order valence-corrected chi connectivity index (χ1v) is 7.54. The maximum Gasteiger partial charge on any atom is 0.243 e. The lowest BCUT2D eigenvalue weighted by molar-refractivity contribution is -0.115. The second-order valence-corrected chi connectivity index (χ2v) is 5.22. The molecule has 0 unspecified atom stereocenters. The molecular formula is C17H20IN5O. The van der Waals surface area contributed by atoms with E-state index in [0.29, 0.717) is 11.6 Å². The Morgan fingerprint density at radius 1 is 1.29 bits per heavy atom. The summed E-state index contributed by atoms with van der Waals surface area (Å²) in [5.41, 5.74) is 3.13. The Kier molecular flexibility index (Phi) is 6.53. The number of amides is 1. The molecule has 2 aromatic rings. The van der Waals surface area contributed by atoms with Gasteiger partial charge in [0.1, 0.15) is 0 Å². The predicted molar refractivity (Wildman–Crippen MR) is 107 cm³/mol. The second-order valence-electron chi connectivity index (χ2n) is 5.22. The number of nitrogens with zero attached hydrogens (tertiary/aromatic N) is 3. The summed E-state index contributed by atoms with van der Waals surface area (Å²) in [4.78, 5) is 22.4. The van der Waals surface area contributed by atoms with Crippen LogP contribution in [0.25, 0.3) is 0 Å². The normalized spacial score (nSPS) is 13.0. The van der Waals surface area contributed by atoms with Crippen LogP contribution in [-0.2, 0) is 11.2 Å². The van der Waals surface area contributed by atoms with Gasteiger partial charge in [-0.1, -0.05) is 18.2 Å². The van der Waals surface area contributed by atoms with E-state index in [1.807, 2.05) is 12.1 Å². The number of rotatable bonds is 3. The van der Waals surface area contributed by atoms with E-state index in [1.165, 1.54) is 5.56 Å². The number of hydrogen-bond acceptors (Lipinski definition) is 3. The van der Waals surface area contributed by atoms with Gasteiger partial charge in [0, 0.05) is 25.5 Å². The fourth-order valence-corrected chi connectivity index (χ4v) is 2.65. The Morgan fingerprint density at radius 3 is 2.88 bits per heavy atom. The largest absolute Gasteiger partial charge is 0.347 e. The van der Waals surface area contributed by atoms with Crippen molar-refractivity contribution in [1.29, 1.82) is 0 Å². The first kappa shape index (κ1) is 18.2. The van der Waals surface area contributed by atoms with Crippen molar-refractivity contribution in [3.05, 3.63) is 54.4 Å². The molecule has 24 heavy (non-hydrogen) atoms. The molecule has 1 aromatic heterocycles. The van der Waals surface area contributed by atoms with Crippen LogP contribution >= 0.6 is 24.0 Å². The van der Waals surface area contributed by atoms with E-state index in [0.717, 1.165) is 18.7 Å². The first-order valence-electron chi connectivity index (χ1n) is 7.54. The highest BCUT2D eigenvalue weighted by atomic mass is 127. The number of anilines is 2. The minimum absolute atomic E-state index is 0. The maximum absolute atomic E-state index is 12.0. The highest BCUT2D eigenvalue weighted by Gasteiger charge is 2.22. The van der Waals surface area contributed by atoms with E-state index in [2.05, 4.69) is 37.6 Å². The predicted octanol–water partition coefficient (Wildman–Crippen LogP) is 2.28. The SMILES string of the molecule is CN=C(NCC(=O)Nc1cccnc1)N1CCc2ccccc21.I. The number of nitrogens with one attached hydrogen (secondary N) is 2. The van der Waals surface area contributed by atoms with Crippen molar-refractivity contribution in [2.75, 3.05) is 30.4 Å². The Labute approximate surface area is 158 Å². The third kappa shape index (κ3) is 4.22. The lowest BCUT2D eigenvalue weighted by Gasteiger charge is -2.22. The smallest absolute Gasteiger partial charge is 0.243 e. The minimum atomic E-state index is -0.133. The average molecular weight is 437 g/mol. The number of para-hydroxylation sites is 1. The summed E-state index contributed by atoms with van der Waals surface area (Å²) in [6.45, 7) is 1.02. The molecule has 7 heteroatoms. The molecule has 0 aliphatic carbocycles. The zero-order valence-corrected chi connectivity index (χ0v) is 15.7. The monoisotopic (exact) mass is 437 g/mol. The standard InChI is InChI=1S/C17H19N5O.HI/c1-18-17(22-10-8-13-5-2-3-7-15(13)22)20-12-16(23)21-14-6-4-9-19-11-14;/h2-7,9,11H,8,10,12H2,1H3,(H,18,20)(H,21,23);1H. The van der Waals surface area contributed by atoms with Crippen LogP contribution in [-0.4, -0.2) is 37.0 Å². The van der Waals surface area contributed by atoms with Crippen molar-refractivity contribution in [2.45, 2.75) is 6.42 Å². The fraction of sp³-hybridized carbons (Fsp3) is 0.235. The van der Waals surface area contributed by atoms with Crippen molar-refractivity contribution in [3.8, 4) is 0 Å². The summed E-state index contributed by atoms with van der Waals surface area (Å²) in [6, 6.07) is 11.8.